The van der Waals surface area contributed by atoms with Gasteiger partial charge in [-0.2, -0.15) is 5.10 Å². The summed E-state index contributed by atoms with van der Waals surface area (Å²) in [6, 6.07) is 3.74. The van der Waals surface area contributed by atoms with Crippen LogP contribution >= 0.6 is 11.6 Å². The van der Waals surface area contributed by atoms with Crippen LogP contribution in [0.5, 0.6) is 0 Å². The fourth-order valence-corrected chi connectivity index (χ4v) is 1.71. The molecule has 2 aromatic rings. The molecule has 0 saturated heterocycles. The van der Waals surface area contributed by atoms with Gasteiger partial charge in [0.25, 0.3) is 0 Å². The number of anilines is 2. The Morgan fingerprint density at radius 2 is 2.41 bits per heavy atom. The van der Waals surface area contributed by atoms with Crippen LogP contribution in [0.1, 0.15) is 6.92 Å². The van der Waals surface area contributed by atoms with Gasteiger partial charge >= 0.3 is 0 Å². The van der Waals surface area contributed by atoms with Crippen LogP contribution in [0.2, 0.25) is 5.02 Å². The third-order valence-corrected chi connectivity index (χ3v) is 2.49. The predicted molar refractivity (Wildman–Crippen MR) is 69.0 cm³/mol. The first-order valence-electron chi connectivity index (χ1n) is 5.30. The van der Waals surface area contributed by atoms with E-state index in [0.29, 0.717) is 16.5 Å². The normalized spacial score (nSPS) is 12.4. The number of nitrogens with two attached hydrogens (primary N) is 1. The zero-order valence-electron chi connectivity index (χ0n) is 9.47. The van der Waals surface area contributed by atoms with Crippen LogP contribution in [0.15, 0.2) is 30.7 Å². The first-order chi connectivity index (χ1) is 8.15. The van der Waals surface area contributed by atoms with E-state index in [-0.39, 0.29) is 6.04 Å². The Morgan fingerprint density at radius 3 is 3.06 bits per heavy atom. The average Bonchev–Trinajstić information content (AvgIpc) is 2.75. The first kappa shape index (κ1) is 11.7. The second kappa shape index (κ2) is 5.05. The van der Waals surface area contributed by atoms with Gasteiger partial charge in [-0.3, -0.25) is 4.68 Å². The molecule has 90 valence electrons. The minimum absolute atomic E-state index is 0.172. The van der Waals surface area contributed by atoms with Crippen molar-refractivity contribution in [3.63, 3.8) is 0 Å². The Labute approximate surface area is 105 Å². The molecule has 0 radical (unpaired) electrons. The van der Waals surface area contributed by atoms with Gasteiger partial charge in [0.05, 0.1) is 17.3 Å². The smallest absolute Gasteiger partial charge is 0.149 e. The van der Waals surface area contributed by atoms with Gasteiger partial charge in [-0.25, -0.2) is 4.98 Å². The lowest BCUT2D eigenvalue weighted by Gasteiger charge is -2.15. The zero-order chi connectivity index (χ0) is 12.3. The lowest BCUT2D eigenvalue weighted by molar-refractivity contribution is 0.560. The van der Waals surface area contributed by atoms with E-state index in [1.165, 1.54) is 0 Å². The molecule has 0 amide bonds. The molecule has 0 saturated carbocycles. The predicted octanol–water partition coefficient (Wildman–Crippen LogP) is 2.01. The van der Waals surface area contributed by atoms with Crippen molar-refractivity contribution < 1.29 is 0 Å². The standard InChI is InChI=1S/C11H14ClN5/c1-8(7-17-4-2-3-15-17)16-11-10(13)5-9(12)6-14-11/h2-6,8H,7,13H2,1H3,(H,14,16). The molecular formula is C11H14ClN5. The maximum atomic E-state index is 5.81. The first-order valence-corrected chi connectivity index (χ1v) is 5.68. The summed E-state index contributed by atoms with van der Waals surface area (Å²) < 4.78 is 1.85. The maximum Gasteiger partial charge on any atom is 0.149 e. The summed E-state index contributed by atoms with van der Waals surface area (Å²) in [6.45, 7) is 2.79. The molecule has 0 fully saturated rings. The summed E-state index contributed by atoms with van der Waals surface area (Å²) in [7, 11) is 0. The third-order valence-electron chi connectivity index (χ3n) is 2.29. The number of pyridine rings is 1. The fourth-order valence-electron chi connectivity index (χ4n) is 1.54. The van der Waals surface area contributed by atoms with Gasteiger partial charge in [0.2, 0.25) is 0 Å². The summed E-state index contributed by atoms with van der Waals surface area (Å²) in [5.74, 6) is 0.647. The molecule has 0 aliphatic rings. The van der Waals surface area contributed by atoms with Crippen LogP contribution < -0.4 is 11.1 Å². The van der Waals surface area contributed by atoms with E-state index in [1.807, 2.05) is 23.9 Å². The van der Waals surface area contributed by atoms with Crippen LogP contribution in [0.3, 0.4) is 0 Å². The molecule has 0 bridgehead atoms. The Balaban J connectivity index is 2.00. The zero-order valence-corrected chi connectivity index (χ0v) is 10.2. The highest BCUT2D eigenvalue weighted by Gasteiger charge is 2.07. The van der Waals surface area contributed by atoms with Gasteiger partial charge in [0.1, 0.15) is 5.82 Å². The molecule has 5 nitrogen and oxygen atoms in total. The van der Waals surface area contributed by atoms with E-state index in [1.54, 1.807) is 18.5 Å². The van der Waals surface area contributed by atoms with Crippen LogP contribution in [-0.2, 0) is 6.54 Å². The Bertz CT molecular complexity index is 483. The number of nitrogens with zero attached hydrogens (tertiary/aromatic N) is 3. The summed E-state index contributed by atoms with van der Waals surface area (Å²) >= 11 is 5.78. The highest BCUT2D eigenvalue weighted by atomic mass is 35.5. The molecule has 3 N–H and O–H groups in total. The van der Waals surface area contributed by atoms with Crippen LogP contribution in [0.4, 0.5) is 11.5 Å². The lowest BCUT2D eigenvalue weighted by Crippen LogP contribution is -2.23. The number of nitrogens with one attached hydrogen (secondary N) is 1. The van der Waals surface area contributed by atoms with Gasteiger partial charge in [-0.1, -0.05) is 11.6 Å². The SMILES string of the molecule is CC(Cn1cccn1)Nc1ncc(Cl)cc1N. The molecule has 1 atom stereocenters. The summed E-state index contributed by atoms with van der Waals surface area (Å²) in [5, 5.41) is 7.89. The molecular weight excluding hydrogens is 238 g/mol. The van der Waals surface area contributed by atoms with Crippen molar-refractivity contribution in [2.75, 3.05) is 11.1 Å². The minimum Gasteiger partial charge on any atom is -0.396 e. The van der Waals surface area contributed by atoms with Gasteiger partial charge in [0.15, 0.2) is 0 Å². The molecule has 6 heteroatoms. The van der Waals surface area contributed by atoms with Crippen LogP contribution in [0, 0.1) is 0 Å². The number of nitrogen functional groups attached to an aromatic ring is 1. The summed E-state index contributed by atoms with van der Waals surface area (Å²) in [6.07, 6.45) is 5.24. The van der Waals surface area contributed by atoms with E-state index >= 15 is 0 Å². The molecule has 17 heavy (non-hydrogen) atoms. The van der Waals surface area contributed by atoms with E-state index in [4.69, 9.17) is 17.3 Å². The third kappa shape index (κ3) is 3.10. The van der Waals surface area contributed by atoms with E-state index < -0.39 is 0 Å². The molecule has 2 heterocycles. The Kier molecular flexibility index (Phi) is 3.49. The van der Waals surface area contributed by atoms with Crippen molar-refractivity contribution in [2.45, 2.75) is 19.5 Å². The quantitative estimate of drug-likeness (QED) is 0.872. The van der Waals surface area contributed by atoms with Crippen molar-refractivity contribution in [1.29, 1.82) is 0 Å². The van der Waals surface area contributed by atoms with Crippen LogP contribution in [0.25, 0.3) is 0 Å². The highest BCUT2D eigenvalue weighted by molar-refractivity contribution is 6.30. The monoisotopic (exact) mass is 251 g/mol. The molecule has 2 aromatic heterocycles. The molecule has 0 aromatic carbocycles. The van der Waals surface area contributed by atoms with Crippen molar-refractivity contribution in [3.8, 4) is 0 Å². The van der Waals surface area contributed by atoms with Crippen molar-refractivity contribution in [1.82, 2.24) is 14.8 Å². The summed E-state index contributed by atoms with van der Waals surface area (Å²) in [5.41, 5.74) is 6.36. The second-order valence-electron chi connectivity index (χ2n) is 3.86. The molecule has 0 spiro atoms. The minimum atomic E-state index is 0.172. The van der Waals surface area contributed by atoms with Crippen molar-refractivity contribution in [2.24, 2.45) is 0 Å². The number of halogens is 1. The number of hydrogen-bond acceptors (Lipinski definition) is 4. The average molecular weight is 252 g/mol. The van der Waals surface area contributed by atoms with E-state index in [2.05, 4.69) is 15.4 Å². The van der Waals surface area contributed by atoms with Gasteiger partial charge in [-0.15, -0.1) is 0 Å². The highest BCUT2D eigenvalue weighted by Crippen LogP contribution is 2.20. The number of aromatic nitrogens is 3. The van der Waals surface area contributed by atoms with Crippen molar-refractivity contribution >= 4 is 23.1 Å². The van der Waals surface area contributed by atoms with E-state index in [0.717, 1.165) is 6.54 Å². The largest absolute Gasteiger partial charge is 0.396 e. The molecule has 1 unspecified atom stereocenters. The topological polar surface area (TPSA) is 68.8 Å². The van der Waals surface area contributed by atoms with Crippen LogP contribution in [-0.4, -0.2) is 20.8 Å². The number of hydrogen-bond donors (Lipinski definition) is 2. The van der Waals surface area contributed by atoms with Gasteiger partial charge in [0, 0.05) is 24.6 Å². The second-order valence-corrected chi connectivity index (χ2v) is 4.30. The molecule has 2 rings (SSSR count). The summed E-state index contributed by atoms with van der Waals surface area (Å²) in [4.78, 5) is 4.15. The Hall–Kier alpha value is -1.75. The van der Waals surface area contributed by atoms with Gasteiger partial charge in [-0.05, 0) is 19.1 Å². The fraction of sp³-hybridized carbons (Fsp3) is 0.273. The van der Waals surface area contributed by atoms with E-state index in [9.17, 15) is 0 Å². The lowest BCUT2D eigenvalue weighted by atomic mass is 10.3. The molecule has 0 aliphatic heterocycles. The van der Waals surface area contributed by atoms with Crippen molar-refractivity contribution in [3.05, 3.63) is 35.7 Å². The maximum absolute atomic E-state index is 5.81. The van der Waals surface area contributed by atoms with Gasteiger partial charge < -0.3 is 11.1 Å². The molecule has 0 aliphatic carbocycles. The number of rotatable bonds is 4. The Morgan fingerprint density at radius 1 is 1.59 bits per heavy atom.